The van der Waals surface area contributed by atoms with Crippen LogP contribution in [-0.2, 0) is 12.8 Å². The molecule has 2 aliphatic rings. The smallest absolute Gasteiger partial charge is 0.139 e. The number of anilines is 1. The van der Waals surface area contributed by atoms with Gasteiger partial charge in [-0.15, -0.1) is 0 Å². The maximum atomic E-state index is 6.00. The van der Waals surface area contributed by atoms with Crippen molar-refractivity contribution in [2.24, 2.45) is 5.73 Å². The largest absolute Gasteiger partial charge is 0.389 e. The number of aryl methyl sites for hydroxylation is 2. The Kier molecular flexibility index (Phi) is 4.43. The minimum Gasteiger partial charge on any atom is -0.389 e. The molecule has 1 saturated carbocycles. The number of hydrogen-bond acceptors (Lipinski definition) is 3. The predicted octanol–water partition coefficient (Wildman–Crippen LogP) is 3.36. The van der Waals surface area contributed by atoms with Crippen molar-refractivity contribution in [3.63, 3.8) is 0 Å². The average molecular weight is 303 g/mol. The Labute approximate surface area is 132 Å². The summed E-state index contributed by atoms with van der Waals surface area (Å²) in [6, 6.07) is 2.87. The molecule has 2 aliphatic carbocycles. The first-order valence-corrected chi connectivity index (χ1v) is 8.70. The van der Waals surface area contributed by atoms with Gasteiger partial charge in [-0.3, -0.25) is 0 Å². The van der Waals surface area contributed by atoms with Gasteiger partial charge in [0.25, 0.3) is 0 Å². The fourth-order valence-corrected chi connectivity index (χ4v) is 3.35. The molecule has 3 nitrogen and oxygen atoms in total. The van der Waals surface area contributed by atoms with E-state index in [1.165, 1.54) is 49.8 Å². The fraction of sp³-hybridized carbons (Fsp3) is 0.647. The number of aromatic nitrogens is 1. The first kappa shape index (κ1) is 14.8. The SMILES string of the molecule is CCCCN(c1nc2c(cc1C(N)=S)CCCC2)C1CC1. The lowest BCUT2D eigenvalue weighted by Crippen LogP contribution is -2.31. The highest BCUT2D eigenvalue weighted by atomic mass is 32.1. The van der Waals surface area contributed by atoms with Crippen LogP contribution < -0.4 is 10.6 Å². The van der Waals surface area contributed by atoms with Gasteiger partial charge in [-0.05, 0) is 56.6 Å². The average Bonchev–Trinajstić information content (AvgIpc) is 3.31. The van der Waals surface area contributed by atoms with Crippen molar-refractivity contribution >= 4 is 23.0 Å². The molecule has 0 bridgehead atoms. The zero-order valence-electron chi connectivity index (χ0n) is 12.9. The van der Waals surface area contributed by atoms with E-state index in [0.717, 1.165) is 30.8 Å². The molecule has 0 unspecified atom stereocenters. The van der Waals surface area contributed by atoms with Gasteiger partial charge in [-0.2, -0.15) is 0 Å². The highest BCUT2D eigenvalue weighted by Crippen LogP contribution is 2.34. The number of fused-ring (bicyclic) bond motifs is 1. The standard InChI is InChI=1S/C17H25N3S/c1-2-3-10-20(13-8-9-13)17-14(16(18)21)11-12-6-4-5-7-15(12)19-17/h11,13H,2-10H2,1H3,(H2,18,21). The molecule has 0 radical (unpaired) electrons. The normalized spacial score (nSPS) is 17.4. The van der Waals surface area contributed by atoms with Crippen LogP contribution in [0.2, 0.25) is 0 Å². The minimum atomic E-state index is 0.494. The van der Waals surface area contributed by atoms with Gasteiger partial charge in [0.2, 0.25) is 0 Å². The molecule has 2 N–H and O–H groups in total. The number of rotatable bonds is 6. The number of hydrogen-bond donors (Lipinski definition) is 1. The zero-order chi connectivity index (χ0) is 14.8. The molecule has 0 saturated heterocycles. The van der Waals surface area contributed by atoms with E-state index >= 15 is 0 Å². The summed E-state index contributed by atoms with van der Waals surface area (Å²) in [4.78, 5) is 7.97. The van der Waals surface area contributed by atoms with Gasteiger partial charge < -0.3 is 10.6 Å². The minimum absolute atomic E-state index is 0.494. The molecule has 4 heteroatoms. The summed E-state index contributed by atoms with van der Waals surface area (Å²) in [6.45, 7) is 3.31. The maximum Gasteiger partial charge on any atom is 0.139 e. The lowest BCUT2D eigenvalue weighted by atomic mass is 9.94. The molecule has 1 fully saturated rings. The van der Waals surface area contributed by atoms with Crippen LogP contribution in [0.4, 0.5) is 5.82 Å². The van der Waals surface area contributed by atoms with Gasteiger partial charge in [0.1, 0.15) is 10.8 Å². The Hall–Kier alpha value is -1.16. The maximum absolute atomic E-state index is 6.00. The molecule has 0 aromatic carbocycles. The molecule has 0 amide bonds. The van der Waals surface area contributed by atoms with E-state index in [1.54, 1.807) is 0 Å². The third-order valence-electron chi connectivity index (χ3n) is 4.56. The highest BCUT2D eigenvalue weighted by molar-refractivity contribution is 7.80. The van der Waals surface area contributed by atoms with Crippen LogP contribution >= 0.6 is 12.2 Å². The van der Waals surface area contributed by atoms with Crippen LogP contribution in [0.1, 0.15) is 62.3 Å². The van der Waals surface area contributed by atoms with Gasteiger partial charge in [-0.25, -0.2) is 4.98 Å². The van der Waals surface area contributed by atoms with E-state index in [4.69, 9.17) is 22.9 Å². The van der Waals surface area contributed by atoms with Gasteiger partial charge >= 0.3 is 0 Å². The van der Waals surface area contributed by atoms with E-state index in [0.29, 0.717) is 11.0 Å². The van der Waals surface area contributed by atoms with Crippen LogP contribution in [0.25, 0.3) is 0 Å². The van der Waals surface area contributed by atoms with Crippen molar-refractivity contribution in [1.29, 1.82) is 0 Å². The topological polar surface area (TPSA) is 42.2 Å². The molecular formula is C17H25N3S. The number of pyridine rings is 1. The summed E-state index contributed by atoms with van der Waals surface area (Å²) < 4.78 is 0. The summed E-state index contributed by atoms with van der Waals surface area (Å²) in [5.41, 5.74) is 9.63. The third kappa shape index (κ3) is 3.20. The Morgan fingerprint density at radius 1 is 1.38 bits per heavy atom. The van der Waals surface area contributed by atoms with Gasteiger partial charge in [0.15, 0.2) is 0 Å². The first-order chi connectivity index (χ1) is 10.2. The summed E-state index contributed by atoms with van der Waals surface area (Å²) >= 11 is 5.30. The molecular weight excluding hydrogens is 278 g/mol. The monoisotopic (exact) mass is 303 g/mol. The lowest BCUT2D eigenvalue weighted by molar-refractivity contribution is 0.657. The van der Waals surface area contributed by atoms with E-state index in [9.17, 15) is 0 Å². The summed E-state index contributed by atoms with van der Waals surface area (Å²) in [7, 11) is 0. The molecule has 3 rings (SSSR count). The van der Waals surface area contributed by atoms with Gasteiger partial charge in [-0.1, -0.05) is 25.6 Å². The molecule has 1 aromatic heterocycles. The fourth-order valence-electron chi connectivity index (χ4n) is 3.20. The second kappa shape index (κ2) is 6.30. The second-order valence-corrected chi connectivity index (χ2v) is 6.75. The lowest BCUT2D eigenvalue weighted by Gasteiger charge is -2.28. The van der Waals surface area contributed by atoms with Crippen molar-refractivity contribution < 1.29 is 0 Å². The van der Waals surface area contributed by atoms with Crippen LogP contribution in [0.5, 0.6) is 0 Å². The molecule has 0 atom stereocenters. The summed E-state index contributed by atoms with van der Waals surface area (Å²) in [5, 5.41) is 0. The Morgan fingerprint density at radius 2 is 2.14 bits per heavy atom. The Morgan fingerprint density at radius 3 is 2.81 bits per heavy atom. The predicted molar refractivity (Wildman–Crippen MR) is 92.0 cm³/mol. The van der Waals surface area contributed by atoms with E-state index < -0.39 is 0 Å². The molecule has 1 aromatic rings. The van der Waals surface area contributed by atoms with E-state index in [-0.39, 0.29) is 0 Å². The zero-order valence-corrected chi connectivity index (χ0v) is 13.7. The van der Waals surface area contributed by atoms with Crippen molar-refractivity contribution in [2.45, 2.75) is 64.3 Å². The van der Waals surface area contributed by atoms with Gasteiger partial charge in [0, 0.05) is 18.3 Å². The molecule has 0 spiro atoms. The quantitative estimate of drug-likeness (QED) is 0.818. The van der Waals surface area contributed by atoms with Crippen molar-refractivity contribution in [3.05, 3.63) is 22.9 Å². The summed E-state index contributed by atoms with van der Waals surface area (Å²) in [5.74, 6) is 1.05. The molecule has 114 valence electrons. The Balaban J connectivity index is 1.99. The van der Waals surface area contributed by atoms with E-state index in [1.807, 2.05) is 0 Å². The number of nitrogens with two attached hydrogens (primary N) is 1. The van der Waals surface area contributed by atoms with Crippen molar-refractivity contribution in [3.8, 4) is 0 Å². The number of unbranched alkanes of at least 4 members (excludes halogenated alkanes) is 1. The van der Waals surface area contributed by atoms with Gasteiger partial charge in [0.05, 0.1) is 5.56 Å². The Bertz CT molecular complexity index is 537. The first-order valence-electron chi connectivity index (χ1n) is 8.30. The van der Waals surface area contributed by atoms with E-state index in [2.05, 4.69) is 17.9 Å². The second-order valence-electron chi connectivity index (χ2n) is 6.31. The number of thiocarbonyl (C=S) groups is 1. The van der Waals surface area contributed by atoms with Crippen LogP contribution in [0.3, 0.4) is 0 Å². The molecule has 21 heavy (non-hydrogen) atoms. The number of nitrogens with zero attached hydrogens (tertiary/aromatic N) is 2. The van der Waals surface area contributed by atoms with Crippen molar-refractivity contribution in [2.75, 3.05) is 11.4 Å². The van der Waals surface area contributed by atoms with Crippen LogP contribution in [-0.4, -0.2) is 22.6 Å². The van der Waals surface area contributed by atoms with Crippen LogP contribution in [0.15, 0.2) is 6.07 Å². The molecule has 1 heterocycles. The van der Waals surface area contributed by atoms with Crippen LogP contribution in [0, 0.1) is 0 Å². The van der Waals surface area contributed by atoms with Crippen molar-refractivity contribution in [1.82, 2.24) is 4.98 Å². The molecule has 0 aliphatic heterocycles. The summed E-state index contributed by atoms with van der Waals surface area (Å²) in [6.07, 6.45) is 9.70. The third-order valence-corrected chi connectivity index (χ3v) is 4.78. The highest BCUT2D eigenvalue weighted by Gasteiger charge is 2.32.